The largest absolute Gasteiger partial charge is 0.451 e. The van der Waals surface area contributed by atoms with Crippen LogP contribution in [0.2, 0.25) is 0 Å². The van der Waals surface area contributed by atoms with E-state index in [9.17, 15) is 8.78 Å². The number of hydrogen-bond acceptors (Lipinski definition) is 2. The maximum absolute atomic E-state index is 14.1. The van der Waals surface area contributed by atoms with E-state index in [0.29, 0.717) is 4.47 Å². The SMILES string of the molecule is CCNC(C)c1ccc(Oc2ccc(Br)cc2F)c(F)c1. The molecule has 0 saturated carbocycles. The summed E-state index contributed by atoms with van der Waals surface area (Å²) >= 11 is 3.16. The monoisotopic (exact) mass is 355 g/mol. The summed E-state index contributed by atoms with van der Waals surface area (Å²) in [5.74, 6) is -1.07. The van der Waals surface area contributed by atoms with Crippen molar-refractivity contribution in [3.63, 3.8) is 0 Å². The summed E-state index contributed by atoms with van der Waals surface area (Å²) < 4.78 is 33.6. The van der Waals surface area contributed by atoms with Crippen LogP contribution in [0.5, 0.6) is 11.5 Å². The molecule has 0 spiro atoms. The zero-order valence-corrected chi connectivity index (χ0v) is 13.4. The van der Waals surface area contributed by atoms with Crippen LogP contribution in [0.15, 0.2) is 40.9 Å². The van der Waals surface area contributed by atoms with Gasteiger partial charge in [-0.15, -0.1) is 0 Å². The van der Waals surface area contributed by atoms with Crippen molar-refractivity contribution in [3.05, 3.63) is 58.1 Å². The molecule has 0 amide bonds. The summed E-state index contributed by atoms with van der Waals surface area (Å²) in [5, 5.41) is 3.20. The Balaban J connectivity index is 2.21. The average Bonchev–Trinajstić information content (AvgIpc) is 2.44. The minimum Gasteiger partial charge on any atom is -0.451 e. The summed E-state index contributed by atoms with van der Waals surface area (Å²) in [6.45, 7) is 4.74. The minimum atomic E-state index is -0.547. The van der Waals surface area contributed by atoms with E-state index in [0.717, 1.165) is 12.1 Å². The Bertz CT molecular complexity index is 634. The highest BCUT2D eigenvalue weighted by molar-refractivity contribution is 9.10. The van der Waals surface area contributed by atoms with Crippen LogP contribution in [-0.2, 0) is 0 Å². The van der Waals surface area contributed by atoms with E-state index in [1.807, 2.05) is 13.8 Å². The topological polar surface area (TPSA) is 21.3 Å². The first-order chi connectivity index (χ1) is 10.0. The zero-order valence-electron chi connectivity index (χ0n) is 11.8. The first-order valence-electron chi connectivity index (χ1n) is 6.67. The van der Waals surface area contributed by atoms with Crippen LogP contribution in [-0.4, -0.2) is 6.54 Å². The predicted octanol–water partition coefficient (Wildman–Crippen LogP) is 5.19. The molecule has 0 aliphatic heterocycles. The molecule has 2 nitrogen and oxygen atoms in total. The summed E-state index contributed by atoms with van der Waals surface area (Å²) in [7, 11) is 0. The van der Waals surface area contributed by atoms with Gasteiger partial charge in [-0.2, -0.15) is 0 Å². The molecule has 0 aliphatic carbocycles. The summed E-state index contributed by atoms with van der Waals surface area (Å²) in [6.07, 6.45) is 0. The van der Waals surface area contributed by atoms with Crippen LogP contribution in [0.3, 0.4) is 0 Å². The van der Waals surface area contributed by atoms with Crippen LogP contribution in [0, 0.1) is 11.6 Å². The van der Waals surface area contributed by atoms with Crippen LogP contribution >= 0.6 is 15.9 Å². The van der Waals surface area contributed by atoms with Crippen LogP contribution < -0.4 is 10.1 Å². The third-order valence-corrected chi connectivity index (χ3v) is 3.57. The molecule has 0 radical (unpaired) electrons. The Morgan fingerprint density at radius 2 is 1.71 bits per heavy atom. The van der Waals surface area contributed by atoms with Crippen molar-refractivity contribution in [2.24, 2.45) is 0 Å². The lowest BCUT2D eigenvalue weighted by Crippen LogP contribution is -2.17. The van der Waals surface area contributed by atoms with E-state index >= 15 is 0 Å². The highest BCUT2D eigenvalue weighted by Gasteiger charge is 2.12. The van der Waals surface area contributed by atoms with Crippen molar-refractivity contribution >= 4 is 15.9 Å². The van der Waals surface area contributed by atoms with E-state index in [4.69, 9.17) is 4.74 Å². The van der Waals surface area contributed by atoms with Gasteiger partial charge >= 0.3 is 0 Å². The molecule has 0 aliphatic rings. The molecule has 2 aromatic carbocycles. The Morgan fingerprint density at radius 3 is 2.29 bits per heavy atom. The van der Waals surface area contributed by atoms with Gasteiger partial charge in [-0.1, -0.05) is 28.9 Å². The molecule has 0 heterocycles. The minimum absolute atomic E-state index is 0.00340. The van der Waals surface area contributed by atoms with Gasteiger partial charge in [0, 0.05) is 10.5 Å². The van der Waals surface area contributed by atoms with Gasteiger partial charge in [0.25, 0.3) is 0 Å². The Kier molecular flexibility index (Phi) is 5.31. The number of rotatable bonds is 5. The van der Waals surface area contributed by atoms with E-state index in [1.54, 1.807) is 12.1 Å². The molecule has 112 valence electrons. The number of hydrogen-bond donors (Lipinski definition) is 1. The molecular weight excluding hydrogens is 340 g/mol. The van der Waals surface area contributed by atoms with Crippen molar-refractivity contribution < 1.29 is 13.5 Å². The van der Waals surface area contributed by atoms with Gasteiger partial charge in [-0.3, -0.25) is 0 Å². The molecule has 0 bridgehead atoms. The van der Waals surface area contributed by atoms with Gasteiger partial charge in [0.15, 0.2) is 23.1 Å². The van der Waals surface area contributed by atoms with Crippen molar-refractivity contribution in [2.45, 2.75) is 19.9 Å². The second-order valence-corrected chi connectivity index (χ2v) is 5.56. The lowest BCUT2D eigenvalue weighted by Gasteiger charge is -2.14. The molecule has 5 heteroatoms. The van der Waals surface area contributed by atoms with Gasteiger partial charge in [-0.25, -0.2) is 8.78 Å². The number of ether oxygens (including phenoxy) is 1. The normalized spacial score (nSPS) is 12.2. The summed E-state index contributed by atoms with van der Waals surface area (Å²) in [4.78, 5) is 0. The molecule has 1 N–H and O–H groups in total. The highest BCUT2D eigenvalue weighted by Crippen LogP contribution is 2.30. The van der Waals surface area contributed by atoms with Crippen molar-refractivity contribution in [1.29, 1.82) is 0 Å². The number of nitrogens with one attached hydrogen (secondary N) is 1. The highest BCUT2D eigenvalue weighted by atomic mass is 79.9. The Labute approximate surface area is 131 Å². The van der Waals surface area contributed by atoms with Crippen LogP contribution in [0.1, 0.15) is 25.5 Å². The van der Waals surface area contributed by atoms with E-state index < -0.39 is 11.6 Å². The first kappa shape index (κ1) is 15.9. The zero-order chi connectivity index (χ0) is 15.4. The maximum atomic E-state index is 14.1. The van der Waals surface area contributed by atoms with Gasteiger partial charge in [0.2, 0.25) is 0 Å². The van der Waals surface area contributed by atoms with Crippen molar-refractivity contribution in [2.75, 3.05) is 6.54 Å². The van der Waals surface area contributed by atoms with Crippen molar-refractivity contribution in [3.8, 4) is 11.5 Å². The molecule has 2 aromatic rings. The molecule has 0 fully saturated rings. The lowest BCUT2D eigenvalue weighted by atomic mass is 10.1. The molecule has 21 heavy (non-hydrogen) atoms. The van der Waals surface area contributed by atoms with Crippen molar-refractivity contribution in [1.82, 2.24) is 5.32 Å². The van der Waals surface area contributed by atoms with E-state index in [-0.39, 0.29) is 17.5 Å². The van der Waals surface area contributed by atoms with Gasteiger partial charge in [0.1, 0.15) is 0 Å². The molecule has 0 saturated heterocycles. The third kappa shape index (κ3) is 4.02. The summed E-state index contributed by atoms with van der Waals surface area (Å²) in [6, 6.07) is 9.09. The second kappa shape index (κ2) is 7.00. The fraction of sp³-hybridized carbons (Fsp3) is 0.250. The fourth-order valence-corrected chi connectivity index (χ4v) is 2.30. The summed E-state index contributed by atoms with van der Waals surface area (Å²) in [5.41, 5.74) is 0.818. The molecule has 2 rings (SSSR count). The van der Waals surface area contributed by atoms with Gasteiger partial charge in [0.05, 0.1) is 0 Å². The van der Waals surface area contributed by atoms with E-state index in [1.165, 1.54) is 24.3 Å². The van der Waals surface area contributed by atoms with Gasteiger partial charge in [-0.05, 0) is 49.4 Å². The molecule has 1 unspecified atom stereocenters. The predicted molar refractivity (Wildman–Crippen MR) is 82.7 cm³/mol. The fourth-order valence-electron chi connectivity index (χ4n) is 1.97. The smallest absolute Gasteiger partial charge is 0.166 e. The quantitative estimate of drug-likeness (QED) is 0.796. The Hall–Kier alpha value is -1.46. The average molecular weight is 356 g/mol. The van der Waals surface area contributed by atoms with Crippen LogP contribution in [0.25, 0.3) is 0 Å². The molecular formula is C16H16BrF2NO. The standard InChI is InChI=1S/C16H16BrF2NO/c1-3-20-10(2)11-4-6-15(13(18)8-11)21-16-7-5-12(17)9-14(16)19/h4-10,20H,3H2,1-2H3. The molecule has 1 atom stereocenters. The van der Waals surface area contributed by atoms with Crippen LogP contribution in [0.4, 0.5) is 8.78 Å². The van der Waals surface area contributed by atoms with Gasteiger partial charge < -0.3 is 10.1 Å². The first-order valence-corrected chi connectivity index (χ1v) is 7.46. The number of halogens is 3. The Morgan fingerprint density at radius 1 is 1.10 bits per heavy atom. The number of benzene rings is 2. The second-order valence-electron chi connectivity index (χ2n) is 4.65. The van der Waals surface area contributed by atoms with E-state index in [2.05, 4.69) is 21.2 Å². The lowest BCUT2D eigenvalue weighted by molar-refractivity contribution is 0.413. The molecule has 0 aromatic heterocycles. The maximum Gasteiger partial charge on any atom is 0.166 e. The third-order valence-electron chi connectivity index (χ3n) is 3.08.